The van der Waals surface area contributed by atoms with E-state index in [2.05, 4.69) is 17.5 Å². The molecule has 1 aromatic rings. The highest BCUT2D eigenvalue weighted by atomic mass is 32.2. The van der Waals surface area contributed by atoms with E-state index in [1.54, 1.807) is 11.3 Å². The Hall–Kier alpha value is 0.01000. The van der Waals surface area contributed by atoms with Crippen molar-refractivity contribution in [2.45, 2.75) is 37.0 Å². The van der Waals surface area contributed by atoms with Gasteiger partial charge in [0.25, 0.3) is 0 Å². The highest BCUT2D eigenvalue weighted by Gasteiger charge is 2.23. The Labute approximate surface area is 93.5 Å². The van der Waals surface area contributed by atoms with Crippen molar-refractivity contribution in [2.75, 3.05) is 5.75 Å². The van der Waals surface area contributed by atoms with Gasteiger partial charge in [0, 0.05) is 10.1 Å². The second-order valence-electron chi connectivity index (χ2n) is 3.74. The van der Waals surface area contributed by atoms with Crippen LogP contribution in [0.3, 0.4) is 0 Å². The summed E-state index contributed by atoms with van der Waals surface area (Å²) < 4.78 is 0. The number of aliphatic hydroxyl groups is 1. The minimum absolute atomic E-state index is 0.0930. The summed E-state index contributed by atoms with van der Waals surface area (Å²) in [4.78, 5) is 1.40. The molecule has 0 bridgehead atoms. The van der Waals surface area contributed by atoms with Crippen LogP contribution in [0.15, 0.2) is 17.5 Å². The Balaban J connectivity index is 1.74. The van der Waals surface area contributed by atoms with Gasteiger partial charge in [0.2, 0.25) is 0 Å². The first kappa shape index (κ1) is 10.5. The smallest absolute Gasteiger partial charge is 0.0662 e. The van der Waals surface area contributed by atoms with Crippen LogP contribution in [0.4, 0.5) is 0 Å². The second-order valence-corrected chi connectivity index (χ2v) is 6.12. The maximum atomic E-state index is 9.93. The van der Waals surface area contributed by atoms with Gasteiger partial charge >= 0.3 is 0 Å². The molecule has 2 heterocycles. The van der Waals surface area contributed by atoms with Crippen LogP contribution in [0, 0.1) is 0 Å². The molecular weight excluding hydrogens is 212 g/mol. The van der Waals surface area contributed by atoms with Crippen molar-refractivity contribution in [3.8, 4) is 0 Å². The minimum atomic E-state index is -0.0930. The highest BCUT2D eigenvalue weighted by molar-refractivity contribution is 8.00. The lowest BCUT2D eigenvalue weighted by Gasteiger charge is -2.16. The molecule has 2 rings (SSSR count). The fourth-order valence-electron chi connectivity index (χ4n) is 1.84. The summed E-state index contributed by atoms with van der Waals surface area (Å²) in [5.41, 5.74) is 0. The molecule has 0 radical (unpaired) electrons. The number of thioether (sulfide) groups is 1. The molecular formula is C11H16OS2. The van der Waals surface area contributed by atoms with Crippen LogP contribution >= 0.6 is 23.1 Å². The summed E-state index contributed by atoms with van der Waals surface area (Å²) in [6.07, 6.45) is 4.36. The lowest BCUT2D eigenvalue weighted by atomic mass is 10.1. The van der Waals surface area contributed by atoms with Gasteiger partial charge in [-0.1, -0.05) is 6.07 Å². The van der Waals surface area contributed by atoms with Crippen molar-refractivity contribution in [1.29, 1.82) is 0 Å². The van der Waals surface area contributed by atoms with Gasteiger partial charge in [0.15, 0.2) is 0 Å². The monoisotopic (exact) mass is 228 g/mol. The van der Waals surface area contributed by atoms with Crippen molar-refractivity contribution in [1.82, 2.24) is 0 Å². The average Bonchev–Trinajstić information content (AvgIpc) is 2.87. The summed E-state index contributed by atoms with van der Waals surface area (Å²) in [7, 11) is 0. The normalized spacial score (nSPS) is 23.9. The van der Waals surface area contributed by atoms with E-state index < -0.39 is 0 Å². The Morgan fingerprint density at radius 2 is 2.50 bits per heavy atom. The Morgan fingerprint density at radius 1 is 1.57 bits per heavy atom. The fourth-order valence-corrected chi connectivity index (χ4v) is 3.89. The van der Waals surface area contributed by atoms with Crippen LogP contribution in [0.25, 0.3) is 0 Å². The zero-order valence-corrected chi connectivity index (χ0v) is 9.82. The summed E-state index contributed by atoms with van der Waals surface area (Å²) in [6.45, 7) is 0. The third-order valence-corrected chi connectivity index (χ3v) is 5.10. The summed E-state index contributed by atoms with van der Waals surface area (Å²) in [5, 5.41) is 12.5. The number of hydrogen-bond acceptors (Lipinski definition) is 3. The van der Waals surface area contributed by atoms with E-state index in [-0.39, 0.29) is 6.10 Å². The largest absolute Gasteiger partial charge is 0.392 e. The Bertz CT molecular complexity index is 252. The molecule has 1 aromatic heterocycles. The second kappa shape index (κ2) is 5.19. The zero-order chi connectivity index (χ0) is 9.80. The lowest BCUT2D eigenvalue weighted by molar-refractivity contribution is 0.160. The maximum absolute atomic E-state index is 9.93. The summed E-state index contributed by atoms with van der Waals surface area (Å²) >= 11 is 3.73. The van der Waals surface area contributed by atoms with Gasteiger partial charge in [-0.15, -0.1) is 11.3 Å². The van der Waals surface area contributed by atoms with E-state index in [0.29, 0.717) is 5.25 Å². The van der Waals surface area contributed by atoms with Crippen molar-refractivity contribution >= 4 is 23.1 Å². The summed E-state index contributed by atoms with van der Waals surface area (Å²) in [6, 6.07) is 4.23. The molecule has 3 heteroatoms. The van der Waals surface area contributed by atoms with E-state index in [4.69, 9.17) is 0 Å². The van der Waals surface area contributed by atoms with Crippen LogP contribution in [0.2, 0.25) is 0 Å². The van der Waals surface area contributed by atoms with E-state index in [9.17, 15) is 5.11 Å². The molecule has 0 saturated carbocycles. The predicted octanol–water partition coefficient (Wildman–Crippen LogP) is 2.94. The lowest BCUT2D eigenvalue weighted by Crippen LogP contribution is -2.20. The van der Waals surface area contributed by atoms with Crippen LogP contribution in [0.5, 0.6) is 0 Å². The molecule has 1 N–H and O–H groups in total. The minimum Gasteiger partial charge on any atom is -0.392 e. The standard InChI is InChI=1S/C11H16OS2/c12-10(11-4-2-8-14-11)6-5-9-3-1-7-13-9/h1,3,7,10-12H,2,4-6,8H2. The van der Waals surface area contributed by atoms with Crippen molar-refractivity contribution in [3.05, 3.63) is 22.4 Å². The van der Waals surface area contributed by atoms with Gasteiger partial charge in [-0.25, -0.2) is 0 Å². The number of rotatable bonds is 4. The molecule has 0 aliphatic carbocycles. The fraction of sp³-hybridized carbons (Fsp3) is 0.636. The molecule has 1 aliphatic heterocycles. The highest BCUT2D eigenvalue weighted by Crippen LogP contribution is 2.30. The summed E-state index contributed by atoms with van der Waals surface area (Å²) in [5.74, 6) is 1.24. The van der Waals surface area contributed by atoms with Crippen LogP contribution in [-0.2, 0) is 6.42 Å². The molecule has 0 amide bonds. The topological polar surface area (TPSA) is 20.2 Å². The number of aryl methyl sites for hydroxylation is 1. The van der Waals surface area contributed by atoms with E-state index in [1.165, 1.54) is 23.5 Å². The SMILES string of the molecule is OC(CCc1cccs1)C1CCCS1. The molecule has 78 valence electrons. The van der Waals surface area contributed by atoms with Gasteiger partial charge < -0.3 is 5.11 Å². The van der Waals surface area contributed by atoms with E-state index in [1.807, 2.05) is 11.8 Å². The molecule has 0 spiro atoms. The van der Waals surface area contributed by atoms with Gasteiger partial charge in [-0.05, 0) is 42.9 Å². The average molecular weight is 228 g/mol. The first-order chi connectivity index (χ1) is 6.86. The van der Waals surface area contributed by atoms with Gasteiger partial charge in [-0.3, -0.25) is 0 Å². The van der Waals surface area contributed by atoms with Gasteiger partial charge in [0.05, 0.1) is 6.10 Å². The number of aliphatic hydroxyl groups excluding tert-OH is 1. The molecule has 2 unspecified atom stereocenters. The number of thiophene rings is 1. The van der Waals surface area contributed by atoms with Crippen LogP contribution in [-0.4, -0.2) is 22.2 Å². The molecule has 0 aromatic carbocycles. The van der Waals surface area contributed by atoms with E-state index in [0.717, 1.165) is 12.8 Å². The van der Waals surface area contributed by atoms with Gasteiger partial charge in [-0.2, -0.15) is 11.8 Å². The third kappa shape index (κ3) is 2.75. The molecule has 1 nitrogen and oxygen atoms in total. The van der Waals surface area contributed by atoms with Crippen molar-refractivity contribution in [3.63, 3.8) is 0 Å². The molecule has 1 saturated heterocycles. The maximum Gasteiger partial charge on any atom is 0.0662 e. The first-order valence-electron chi connectivity index (χ1n) is 5.18. The predicted molar refractivity (Wildman–Crippen MR) is 64.1 cm³/mol. The zero-order valence-electron chi connectivity index (χ0n) is 8.19. The number of hydrogen-bond donors (Lipinski definition) is 1. The first-order valence-corrected chi connectivity index (χ1v) is 7.11. The van der Waals surface area contributed by atoms with Crippen LogP contribution in [0.1, 0.15) is 24.1 Å². The molecule has 14 heavy (non-hydrogen) atoms. The quantitative estimate of drug-likeness (QED) is 0.855. The molecule has 1 aliphatic rings. The van der Waals surface area contributed by atoms with Crippen LogP contribution < -0.4 is 0 Å². The van der Waals surface area contributed by atoms with E-state index >= 15 is 0 Å². The Morgan fingerprint density at radius 3 is 3.14 bits per heavy atom. The third-order valence-electron chi connectivity index (χ3n) is 2.66. The molecule has 2 atom stereocenters. The van der Waals surface area contributed by atoms with Crippen molar-refractivity contribution < 1.29 is 5.11 Å². The Kier molecular flexibility index (Phi) is 3.90. The molecule has 1 fully saturated rings. The van der Waals surface area contributed by atoms with Crippen molar-refractivity contribution in [2.24, 2.45) is 0 Å². The van der Waals surface area contributed by atoms with Gasteiger partial charge in [0.1, 0.15) is 0 Å².